The zero-order valence-corrected chi connectivity index (χ0v) is 6.06. The maximum atomic E-state index is 10.2. The molecule has 0 fully saturated rings. The number of alkyl halides is 2. The first-order valence-electron chi connectivity index (χ1n) is 2.28. The molecule has 0 aromatic carbocycles. The van der Waals surface area contributed by atoms with E-state index in [9.17, 15) is 4.79 Å². The number of aliphatic hydroxyl groups excluding tert-OH is 1. The first-order chi connectivity index (χ1) is 4.09. The molecule has 0 aromatic rings. The van der Waals surface area contributed by atoms with Crippen molar-refractivity contribution in [2.24, 2.45) is 5.73 Å². The molecule has 0 saturated heterocycles. The van der Waals surface area contributed by atoms with Crippen molar-refractivity contribution in [3.8, 4) is 0 Å². The Morgan fingerprint density at radius 3 is 2.22 bits per heavy atom. The van der Waals surface area contributed by atoms with Crippen LogP contribution in [0.5, 0.6) is 0 Å². The Morgan fingerprint density at radius 2 is 2.11 bits per heavy atom. The van der Waals surface area contributed by atoms with E-state index in [1.165, 1.54) is 0 Å². The summed E-state index contributed by atoms with van der Waals surface area (Å²) in [5.41, 5.74) is 4.75. The van der Waals surface area contributed by atoms with Crippen LogP contribution >= 0.6 is 23.2 Å². The van der Waals surface area contributed by atoms with Gasteiger partial charge in [-0.25, -0.2) is 0 Å². The molecule has 0 aliphatic carbocycles. The van der Waals surface area contributed by atoms with Crippen LogP contribution in [-0.2, 0) is 4.79 Å². The highest BCUT2D eigenvalue weighted by Gasteiger charge is 2.20. The molecule has 3 nitrogen and oxygen atoms in total. The number of carbonyl (C=O) groups excluding carboxylic acids is 1. The molecule has 0 rings (SSSR count). The molecule has 9 heavy (non-hydrogen) atoms. The lowest BCUT2D eigenvalue weighted by atomic mass is 10.3. The van der Waals surface area contributed by atoms with Crippen LogP contribution in [0.2, 0.25) is 0 Å². The number of rotatable bonds is 3. The molecule has 54 valence electrons. The van der Waals surface area contributed by atoms with Crippen molar-refractivity contribution in [1.29, 1.82) is 0 Å². The largest absolute Gasteiger partial charge is 0.395 e. The van der Waals surface area contributed by atoms with Gasteiger partial charge in [0.05, 0.1) is 12.0 Å². The molecule has 5 heteroatoms. The smallest absolute Gasteiger partial charge is 0.237 e. The van der Waals surface area contributed by atoms with Crippen molar-refractivity contribution in [3.05, 3.63) is 0 Å². The van der Waals surface area contributed by atoms with Gasteiger partial charge < -0.3 is 10.8 Å². The fourth-order valence-corrected chi connectivity index (χ4v) is 0.475. The van der Waals surface area contributed by atoms with Gasteiger partial charge in [0.2, 0.25) is 5.91 Å². The standard InChI is InChI=1S/C4H7Cl2NO2/c5-2(1-8)3(6)4(7)9/h2-3,8H,1H2,(H2,7,9)/t2-,3+/m0/s1. The van der Waals surface area contributed by atoms with Crippen molar-refractivity contribution >= 4 is 29.1 Å². The summed E-state index contributed by atoms with van der Waals surface area (Å²) >= 11 is 10.6. The summed E-state index contributed by atoms with van der Waals surface area (Å²) < 4.78 is 0. The third kappa shape index (κ3) is 2.89. The highest BCUT2D eigenvalue weighted by Crippen LogP contribution is 2.07. The van der Waals surface area contributed by atoms with Gasteiger partial charge in [-0.2, -0.15) is 0 Å². The fraction of sp³-hybridized carbons (Fsp3) is 0.750. The zero-order chi connectivity index (χ0) is 7.44. The number of nitrogens with two attached hydrogens (primary N) is 1. The van der Waals surface area contributed by atoms with Crippen LogP contribution in [0.3, 0.4) is 0 Å². The van der Waals surface area contributed by atoms with Crippen LogP contribution in [-0.4, -0.2) is 28.4 Å². The van der Waals surface area contributed by atoms with Crippen LogP contribution in [0, 0.1) is 0 Å². The minimum Gasteiger partial charge on any atom is -0.395 e. The summed E-state index contributed by atoms with van der Waals surface area (Å²) in [6, 6.07) is 0. The number of hydrogen-bond donors (Lipinski definition) is 2. The van der Waals surface area contributed by atoms with Crippen LogP contribution in [0.4, 0.5) is 0 Å². The molecular formula is C4H7Cl2NO2. The third-order valence-corrected chi connectivity index (χ3v) is 1.80. The van der Waals surface area contributed by atoms with E-state index in [0.29, 0.717) is 0 Å². The molecule has 0 saturated carbocycles. The molecular weight excluding hydrogens is 165 g/mol. The second-order valence-corrected chi connectivity index (χ2v) is 2.53. The molecule has 0 spiro atoms. The number of amides is 1. The Balaban J connectivity index is 3.72. The second kappa shape index (κ2) is 3.93. The molecule has 0 unspecified atom stereocenters. The van der Waals surface area contributed by atoms with Crippen LogP contribution in [0.25, 0.3) is 0 Å². The minimum absolute atomic E-state index is 0.349. The van der Waals surface area contributed by atoms with E-state index in [1.807, 2.05) is 0 Å². The monoisotopic (exact) mass is 171 g/mol. The van der Waals surface area contributed by atoms with Gasteiger partial charge in [0.1, 0.15) is 5.38 Å². The molecule has 0 heterocycles. The number of aliphatic hydroxyl groups is 1. The molecule has 2 atom stereocenters. The van der Waals surface area contributed by atoms with Crippen molar-refractivity contribution < 1.29 is 9.90 Å². The lowest BCUT2D eigenvalue weighted by Crippen LogP contribution is -2.33. The van der Waals surface area contributed by atoms with Crippen LogP contribution in [0.15, 0.2) is 0 Å². The van der Waals surface area contributed by atoms with Crippen molar-refractivity contribution in [3.63, 3.8) is 0 Å². The lowest BCUT2D eigenvalue weighted by molar-refractivity contribution is -0.117. The summed E-state index contributed by atoms with van der Waals surface area (Å²) in [7, 11) is 0. The second-order valence-electron chi connectivity index (χ2n) is 1.50. The van der Waals surface area contributed by atoms with Crippen LogP contribution in [0.1, 0.15) is 0 Å². The number of primary amides is 1. The summed E-state index contributed by atoms with van der Waals surface area (Å²) in [5, 5.41) is 6.55. The SMILES string of the molecule is NC(=O)[C@H](Cl)[C@@H](Cl)CO. The Bertz CT molecular complexity index is 109. The lowest BCUT2D eigenvalue weighted by Gasteiger charge is -2.07. The highest BCUT2D eigenvalue weighted by atomic mass is 35.5. The Labute approximate surface area is 62.7 Å². The number of hydrogen-bond acceptors (Lipinski definition) is 2. The Morgan fingerprint density at radius 1 is 1.67 bits per heavy atom. The molecule has 3 N–H and O–H groups in total. The Kier molecular flexibility index (Phi) is 3.93. The topological polar surface area (TPSA) is 63.3 Å². The molecule has 0 aliphatic rings. The van der Waals surface area contributed by atoms with Crippen molar-refractivity contribution in [1.82, 2.24) is 0 Å². The zero-order valence-electron chi connectivity index (χ0n) is 4.55. The summed E-state index contributed by atoms with van der Waals surface area (Å²) in [6.07, 6.45) is 0. The van der Waals surface area contributed by atoms with Crippen LogP contribution < -0.4 is 5.73 Å². The van der Waals surface area contributed by atoms with E-state index in [2.05, 4.69) is 0 Å². The molecule has 0 aliphatic heterocycles. The van der Waals surface area contributed by atoms with Crippen molar-refractivity contribution in [2.45, 2.75) is 10.8 Å². The van der Waals surface area contributed by atoms with Gasteiger partial charge in [-0.3, -0.25) is 4.79 Å². The molecule has 0 aromatic heterocycles. The van der Waals surface area contributed by atoms with E-state index in [0.717, 1.165) is 0 Å². The minimum atomic E-state index is -0.989. The van der Waals surface area contributed by atoms with E-state index < -0.39 is 16.7 Å². The van der Waals surface area contributed by atoms with Gasteiger partial charge in [0, 0.05) is 0 Å². The number of carbonyl (C=O) groups is 1. The summed E-state index contributed by atoms with van der Waals surface area (Å²) in [4.78, 5) is 10.2. The first-order valence-corrected chi connectivity index (χ1v) is 3.15. The average molecular weight is 172 g/mol. The van der Waals surface area contributed by atoms with E-state index in [-0.39, 0.29) is 6.61 Å². The number of halogens is 2. The molecule has 0 radical (unpaired) electrons. The third-order valence-electron chi connectivity index (χ3n) is 0.764. The Hall–Kier alpha value is 0.01000. The predicted octanol–water partition coefficient (Wildman–Crippen LogP) is -0.321. The predicted molar refractivity (Wildman–Crippen MR) is 35.6 cm³/mol. The van der Waals surface area contributed by atoms with Crippen molar-refractivity contribution in [2.75, 3.05) is 6.61 Å². The maximum absolute atomic E-state index is 10.2. The molecule has 0 bridgehead atoms. The van der Waals surface area contributed by atoms with Gasteiger partial charge in [0.15, 0.2) is 0 Å². The average Bonchev–Trinajstić information content (AvgIpc) is 1.84. The van der Waals surface area contributed by atoms with Gasteiger partial charge in [-0.1, -0.05) is 0 Å². The highest BCUT2D eigenvalue weighted by molar-refractivity contribution is 6.37. The van der Waals surface area contributed by atoms with E-state index in [4.69, 9.17) is 34.0 Å². The van der Waals surface area contributed by atoms with Gasteiger partial charge in [-0.15, -0.1) is 23.2 Å². The fourth-order valence-electron chi connectivity index (χ4n) is 0.271. The normalized spacial score (nSPS) is 16.8. The van der Waals surface area contributed by atoms with E-state index in [1.54, 1.807) is 0 Å². The summed E-state index contributed by atoms with van der Waals surface area (Å²) in [6.45, 7) is -0.349. The molecule has 1 amide bonds. The van der Waals surface area contributed by atoms with Gasteiger partial charge >= 0.3 is 0 Å². The quantitative estimate of drug-likeness (QED) is 0.573. The summed E-state index contributed by atoms with van der Waals surface area (Å²) in [5.74, 6) is -0.717. The van der Waals surface area contributed by atoms with Gasteiger partial charge in [0.25, 0.3) is 0 Å². The maximum Gasteiger partial charge on any atom is 0.237 e. The van der Waals surface area contributed by atoms with Gasteiger partial charge in [-0.05, 0) is 0 Å². The first kappa shape index (κ1) is 9.01. The van der Waals surface area contributed by atoms with E-state index >= 15 is 0 Å².